The highest BCUT2D eigenvalue weighted by Crippen LogP contribution is 2.28. The molecule has 1 saturated heterocycles. The fourth-order valence-corrected chi connectivity index (χ4v) is 4.33. The van der Waals surface area contributed by atoms with E-state index in [1.807, 2.05) is 107 Å². The Labute approximate surface area is 186 Å². The second-order valence-corrected chi connectivity index (χ2v) is 8.29. The summed E-state index contributed by atoms with van der Waals surface area (Å²) >= 11 is 0. The van der Waals surface area contributed by atoms with Gasteiger partial charge in [-0.2, -0.15) is 0 Å². The molecule has 0 bridgehead atoms. The molecule has 2 aromatic carbocycles. The van der Waals surface area contributed by atoms with Crippen molar-refractivity contribution in [2.45, 2.75) is 19.3 Å². The standard InChI is InChI=1S/C27H24N2O3/c30-26-22(17-20-5-9-24(10-6-20)28-13-1-2-14-28)19-23(27(31)32-26)18-21-7-11-25(12-8-21)29-15-3-4-16-29/h1-16,22-23H,17-19H2/t22-,23-/m1/s1. The van der Waals surface area contributed by atoms with Crippen LogP contribution in [0, 0.1) is 11.8 Å². The largest absolute Gasteiger partial charge is 0.393 e. The third kappa shape index (κ3) is 4.28. The number of carbonyl (C=O) groups is 2. The van der Waals surface area contributed by atoms with Crippen molar-refractivity contribution in [2.75, 3.05) is 0 Å². The quantitative estimate of drug-likeness (QED) is 0.331. The Morgan fingerprint density at radius 1 is 0.625 bits per heavy atom. The topological polar surface area (TPSA) is 53.2 Å². The highest BCUT2D eigenvalue weighted by atomic mass is 16.6. The number of nitrogens with zero attached hydrogens (tertiary/aromatic N) is 2. The number of aromatic nitrogens is 2. The molecule has 5 heteroatoms. The van der Waals surface area contributed by atoms with Crippen LogP contribution >= 0.6 is 0 Å². The van der Waals surface area contributed by atoms with Gasteiger partial charge in [-0.15, -0.1) is 0 Å². The molecule has 32 heavy (non-hydrogen) atoms. The summed E-state index contributed by atoms with van der Waals surface area (Å²) < 4.78 is 9.21. The maximum Gasteiger partial charge on any atom is 0.316 e. The summed E-state index contributed by atoms with van der Waals surface area (Å²) in [5.74, 6) is -1.45. The van der Waals surface area contributed by atoms with Crippen LogP contribution in [0.5, 0.6) is 0 Å². The third-order valence-electron chi connectivity index (χ3n) is 6.08. The van der Waals surface area contributed by atoms with Gasteiger partial charge in [0.05, 0.1) is 11.8 Å². The minimum Gasteiger partial charge on any atom is -0.393 e. The molecule has 0 N–H and O–H groups in total. The molecular formula is C27H24N2O3. The summed E-state index contributed by atoms with van der Waals surface area (Å²) in [4.78, 5) is 24.8. The third-order valence-corrected chi connectivity index (χ3v) is 6.08. The van der Waals surface area contributed by atoms with E-state index in [9.17, 15) is 9.59 Å². The molecule has 1 aliphatic heterocycles. The first-order chi connectivity index (χ1) is 15.7. The number of hydrogen-bond donors (Lipinski definition) is 0. The van der Waals surface area contributed by atoms with Crippen molar-refractivity contribution < 1.29 is 14.3 Å². The van der Waals surface area contributed by atoms with Crippen LogP contribution in [0.4, 0.5) is 0 Å². The first-order valence-corrected chi connectivity index (χ1v) is 10.9. The minimum atomic E-state index is -0.413. The van der Waals surface area contributed by atoms with Crippen molar-refractivity contribution >= 4 is 11.9 Å². The van der Waals surface area contributed by atoms with Crippen molar-refractivity contribution in [1.29, 1.82) is 0 Å². The van der Waals surface area contributed by atoms with E-state index in [0.29, 0.717) is 19.3 Å². The summed E-state index contributed by atoms with van der Waals surface area (Å²) in [6.45, 7) is 0. The molecule has 1 fully saturated rings. The number of rotatable bonds is 6. The van der Waals surface area contributed by atoms with Crippen molar-refractivity contribution in [1.82, 2.24) is 9.13 Å². The Morgan fingerprint density at radius 2 is 1.00 bits per heavy atom. The molecule has 5 rings (SSSR count). The van der Waals surface area contributed by atoms with Crippen LogP contribution in [0.1, 0.15) is 17.5 Å². The van der Waals surface area contributed by atoms with E-state index in [4.69, 9.17) is 4.74 Å². The number of ether oxygens (including phenoxy) is 1. The van der Waals surface area contributed by atoms with E-state index < -0.39 is 11.9 Å². The van der Waals surface area contributed by atoms with Gasteiger partial charge in [0.2, 0.25) is 0 Å². The second-order valence-electron chi connectivity index (χ2n) is 8.29. The molecule has 1 aliphatic rings. The number of benzene rings is 2. The molecule has 0 aliphatic carbocycles. The fourth-order valence-electron chi connectivity index (χ4n) is 4.33. The maximum atomic E-state index is 12.4. The molecule has 5 nitrogen and oxygen atoms in total. The van der Waals surface area contributed by atoms with Gasteiger partial charge in [-0.05, 0) is 78.9 Å². The number of esters is 2. The van der Waals surface area contributed by atoms with Crippen LogP contribution in [0.2, 0.25) is 0 Å². The molecule has 160 valence electrons. The van der Waals surface area contributed by atoms with Crippen LogP contribution in [0.25, 0.3) is 11.4 Å². The van der Waals surface area contributed by atoms with E-state index in [1.54, 1.807) is 0 Å². The Hall–Kier alpha value is -3.86. The summed E-state index contributed by atoms with van der Waals surface area (Å²) in [5, 5.41) is 0. The lowest BCUT2D eigenvalue weighted by Gasteiger charge is -2.26. The van der Waals surface area contributed by atoms with E-state index in [-0.39, 0.29) is 11.8 Å². The smallest absolute Gasteiger partial charge is 0.316 e. The second kappa shape index (κ2) is 8.71. The predicted octanol–water partition coefficient (Wildman–Crippen LogP) is 4.76. The molecule has 2 aromatic heterocycles. The van der Waals surface area contributed by atoms with E-state index in [2.05, 4.69) is 0 Å². The lowest BCUT2D eigenvalue weighted by molar-refractivity contribution is -0.171. The van der Waals surface area contributed by atoms with E-state index in [1.165, 1.54) is 0 Å². The van der Waals surface area contributed by atoms with Gasteiger partial charge < -0.3 is 13.9 Å². The van der Waals surface area contributed by atoms with Crippen LogP contribution in [-0.4, -0.2) is 21.1 Å². The zero-order valence-corrected chi connectivity index (χ0v) is 17.6. The van der Waals surface area contributed by atoms with Crippen molar-refractivity contribution in [3.63, 3.8) is 0 Å². The molecule has 0 unspecified atom stereocenters. The molecule has 3 heterocycles. The summed E-state index contributed by atoms with van der Waals surface area (Å²) in [5.41, 5.74) is 4.27. The first kappa shape index (κ1) is 20.1. The number of carbonyl (C=O) groups excluding carboxylic acids is 2. The lowest BCUT2D eigenvalue weighted by Crippen LogP contribution is -2.36. The SMILES string of the molecule is O=C1OC(=O)[C@H](Cc2ccc(-n3cccc3)cc2)C[C@H]1Cc1ccc(-n2cccc2)cc1. The van der Waals surface area contributed by atoms with Crippen LogP contribution in [0.15, 0.2) is 97.6 Å². The number of hydrogen-bond acceptors (Lipinski definition) is 3. The normalized spacial score (nSPS) is 18.5. The summed E-state index contributed by atoms with van der Waals surface area (Å²) in [7, 11) is 0. The molecule has 2 atom stereocenters. The zero-order valence-electron chi connectivity index (χ0n) is 17.6. The zero-order chi connectivity index (χ0) is 21.9. The maximum absolute atomic E-state index is 12.4. The Morgan fingerprint density at radius 3 is 1.38 bits per heavy atom. The van der Waals surface area contributed by atoms with Crippen molar-refractivity contribution in [3.05, 3.63) is 109 Å². The van der Waals surface area contributed by atoms with Crippen LogP contribution in [0.3, 0.4) is 0 Å². The highest BCUT2D eigenvalue weighted by molar-refractivity contribution is 5.91. The minimum absolute atomic E-state index is 0.311. The van der Waals surface area contributed by atoms with Gasteiger partial charge in [-0.25, -0.2) is 0 Å². The van der Waals surface area contributed by atoms with Gasteiger partial charge in [-0.3, -0.25) is 9.59 Å². The van der Waals surface area contributed by atoms with E-state index in [0.717, 1.165) is 22.5 Å². The predicted molar refractivity (Wildman–Crippen MR) is 122 cm³/mol. The van der Waals surface area contributed by atoms with Gasteiger partial charge in [0.1, 0.15) is 0 Å². The monoisotopic (exact) mass is 424 g/mol. The Balaban J connectivity index is 1.25. The van der Waals surface area contributed by atoms with Gasteiger partial charge >= 0.3 is 11.9 Å². The molecule has 0 radical (unpaired) electrons. The van der Waals surface area contributed by atoms with Crippen molar-refractivity contribution in [2.24, 2.45) is 11.8 Å². The van der Waals surface area contributed by atoms with Crippen molar-refractivity contribution in [3.8, 4) is 11.4 Å². The van der Waals surface area contributed by atoms with Crippen LogP contribution < -0.4 is 0 Å². The Kier molecular flexibility index (Phi) is 5.46. The Bertz CT molecular complexity index is 1100. The average molecular weight is 425 g/mol. The molecular weight excluding hydrogens is 400 g/mol. The summed E-state index contributed by atoms with van der Waals surface area (Å²) in [6.07, 6.45) is 9.63. The molecule has 0 spiro atoms. The highest BCUT2D eigenvalue weighted by Gasteiger charge is 2.36. The van der Waals surface area contributed by atoms with Gasteiger partial charge in [-0.1, -0.05) is 24.3 Å². The molecule has 0 saturated carbocycles. The first-order valence-electron chi connectivity index (χ1n) is 10.9. The van der Waals surface area contributed by atoms with Gasteiger partial charge in [0.25, 0.3) is 0 Å². The molecule has 4 aromatic rings. The summed E-state index contributed by atoms with van der Waals surface area (Å²) in [6, 6.07) is 24.2. The lowest BCUT2D eigenvalue weighted by atomic mass is 9.84. The van der Waals surface area contributed by atoms with Gasteiger partial charge in [0, 0.05) is 36.2 Å². The fraction of sp³-hybridized carbons (Fsp3) is 0.185. The van der Waals surface area contributed by atoms with Crippen LogP contribution in [-0.2, 0) is 27.2 Å². The van der Waals surface area contributed by atoms with Gasteiger partial charge in [0.15, 0.2) is 0 Å². The number of cyclic esters (lactones) is 2. The van der Waals surface area contributed by atoms with E-state index >= 15 is 0 Å². The molecule has 0 amide bonds. The average Bonchev–Trinajstić information content (AvgIpc) is 3.53.